The van der Waals surface area contributed by atoms with Crippen LogP contribution in [0.5, 0.6) is 0 Å². The van der Waals surface area contributed by atoms with E-state index in [1.54, 1.807) is 18.2 Å². The third kappa shape index (κ3) is 5.33. The average Bonchev–Trinajstić information content (AvgIpc) is 2.18. The number of carbonyl (C=O) groups excluding carboxylic acids is 1. The molecule has 0 radical (unpaired) electrons. The summed E-state index contributed by atoms with van der Waals surface area (Å²) in [5.41, 5.74) is -0.0780. The summed E-state index contributed by atoms with van der Waals surface area (Å²) in [4.78, 5) is 11.4. The van der Waals surface area contributed by atoms with Crippen molar-refractivity contribution in [2.45, 2.75) is 32.8 Å². The summed E-state index contributed by atoms with van der Waals surface area (Å²) in [6, 6.07) is 6.35. The van der Waals surface area contributed by atoms with Gasteiger partial charge in [0, 0.05) is 6.54 Å². The van der Waals surface area contributed by atoms with E-state index in [1.807, 2.05) is 20.8 Å². The minimum absolute atomic E-state index is 0.214. The largest absolute Gasteiger partial charge is 0.460 e. The third-order valence-electron chi connectivity index (χ3n) is 1.94. The Balaban J connectivity index is 2.34. The molecule has 0 saturated heterocycles. The molecule has 0 spiro atoms. The van der Waals surface area contributed by atoms with Crippen LogP contribution < -0.4 is 5.32 Å². The second-order valence-electron chi connectivity index (χ2n) is 4.74. The van der Waals surface area contributed by atoms with Crippen molar-refractivity contribution < 1.29 is 13.9 Å². The van der Waals surface area contributed by atoms with Crippen LogP contribution in [0.25, 0.3) is 0 Å². The quantitative estimate of drug-likeness (QED) is 0.821. The van der Waals surface area contributed by atoms with Gasteiger partial charge in [0.2, 0.25) is 0 Å². The molecule has 1 N–H and O–H groups in total. The lowest BCUT2D eigenvalue weighted by molar-refractivity contribution is -0.154. The van der Waals surface area contributed by atoms with E-state index in [0.717, 1.165) is 0 Å². The van der Waals surface area contributed by atoms with Crippen molar-refractivity contribution in [3.63, 3.8) is 0 Å². The summed E-state index contributed by atoms with van der Waals surface area (Å²) >= 11 is 0. The van der Waals surface area contributed by atoms with Gasteiger partial charge in [-0.2, -0.15) is 0 Å². The van der Waals surface area contributed by atoms with Crippen LogP contribution in [-0.4, -0.2) is 18.1 Å². The number of hydrogen-bond donors (Lipinski definition) is 1. The van der Waals surface area contributed by atoms with Crippen LogP contribution in [-0.2, 0) is 9.53 Å². The normalized spacial score (nSPS) is 11.1. The van der Waals surface area contributed by atoms with E-state index in [-0.39, 0.29) is 18.2 Å². The highest BCUT2D eigenvalue weighted by molar-refractivity contribution is 5.70. The molecule has 0 bridgehead atoms. The molecule has 0 amide bonds. The Labute approximate surface area is 101 Å². The van der Waals surface area contributed by atoms with Crippen molar-refractivity contribution in [3.8, 4) is 0 Å². The number of para-hydroxylation sites is 1. The van der Waals surface area contributed by atoms with Gasteiger partial charge < -0.3 is 10.1 Å². The van der Waals surface area contributed by atoms with Gasteiger partial charge in [0.05, 0.1) is 12.1 Å². The number of ether oxygens (including phenoxy) is 1. The Morgan fingerprint density at radius 2 is 2.00 bits per heavy atom. The first-order valence-corrected chi connectivity index (χ1v) is 5.59. The number of benzene rings is 1. The van der Waals surface area contributed by atoms with Crippen LogP contribution in [0.1, 0.15) is 27.2 Å². The number of rotatable bonds is 4. The lowest BCUT2D eigenvalue weighted by atomic mass is 10.2. The molecule has 1 aromatic rings. The van der Waals surface area contributed by atoms with Gasteiger partial charge in [-0.15, -0.1) is 0 Å². The highest BCUT2D eigenvalue weighted by atomic mass is 19.1. The lowest BCUT2D eigenvalue weighted by Crippen LogP contribution is -2.25. The number of carbonyl (C=O) groups is 1. The van der Waals surface area contributed by atoms with E-state index >= 15 is 0 Å². The molecule has 0 unspecified atom stereocenters. The Bertz CT molecular complexity index is 385. The summed E-state index contributed by atoms with van der Waals surface area (Å²) < 4.78 is 18.3. The monoisotopic (exact) mass is 239 g/mol. The molecule has 0 aliphatic rings. The molecule has 1 aromatic carbocycles. The summed E-state index contributed by atoms with van der Waals surface area (Å²) in [7, 11) is 0. The van der Waals surface area contributed by atoms with Crippen molar-refractivity contribution >= 4 is 11.7 Å². The topological polar surface area (TPSA) is 38.3 Å². The maximum absolute atomic E-state index is 13.2. The van der Waals surface area contributed by atoms with Crippen LogP contribution in [0.15, 0.2) is 24.3 Å². The third-order valence-corrected chi connectivity index (χ3v) is 1.94. The average molecular weight is 239 g/mol. The molecule has 17 heavy (non-hydrogen) atoms. The Morgan fingerprint density at radius 1 is 1.35 bits per heavy atom. The summed E-state index contributed by atoms with van der Waals surface area (Å²) in [5.74, 6) is -0.613. The molecule has 94 valence electrons. The smallest absolute Gasteiger partial charge is 0.308 e. The first-order chi connectivity index (χ1) is 7.88. The summed E-state index contributed by atoms with van der Waals surface area (Å²) in [6.45, 7) is 5.80. The van der Waals surface area contributed by atoms with Gasteiger partial charge in [-0.1, -0.05) is 12.1 Å². The van der Waals surface area contributed by atoms with Crippen LogP contribution in [0, 0.1) is 5.82 Å². The zero-order valence-corrected chi connectivity index (χ0v) is 10.4. The number of halogens is 1. The van der Waals surface area contributed by atoms with Crippen molar-refractivity contribution in [2.75, 3.05) is 11.9 Å². The SMILES string of the molecule is CC(C)(C)OC(=O)CCNc1ccccc1F. The van der Waals surface area contributed by atoms with Gasteiger partial charge in [-0.05, 0) is 32.9 Å². The van der Waals surface area contributed by atoms with Crippen molar-refractivity contribution in [3.05, 3.63) is 30.1 Å². The molecule has 0 saturated carbocycles. The van der Waals surface area contributed by atoms with E-state index in [1.165, 1.54) is 6.07 Å². The van der Waals surface area contributed by atoms with E-state index in [0.29, 0.717) is 12.2 Å². The van der Waals surface area contributed by atoms with Crippen LogP contribution in [0.3, 0.4) is 0 Å². The highest BCUT2D eigenvalue weighted by Crippen LogP contribution is 2.12. The first-order valence-electron chi connectivity index (χ1n) is 5.59. The molecule has 0 aliphatic heterocycles. The van der Waals surface area contributed by atoms with Crippen LogP contribution in [0.4, 0.5) is 10.1 Å². The van der Waals surface area contributed by atoms with Gasteiger partial charge in [-0.25, -0.2) is 4.39 Å². The maximum atomic E-state index is 13.2. The highest BCUT2D eigenvalue weighted by Gasteiger charge is 2.15. The fourth-order valence-electron chi connectivity index (χ4n) is 1.30. The fourth-order valence-corrected chi connectivity index (χ4v) is 1.30. The number of hydrogen-bond acceptors (Lipinski definition) is 3. The summed E-state index contributed by atoms with van der Waals surface area (Å²) in [6.07, 6.45) is 0.214. The molecule has 0 aromatic heterocycles. The molecule has 0 aliphatic carbocycles. The number of esters is 1. The van der Waals surface area contributed by atoms with Gasteiger partial charge in [0.1, 0.15) is 11.4 Å². The Kier molecular flexibility index (Phi) is 4.49. The predicted octanol–water partition coefficient (Wildman–Crippen LogP) is 2.97. The maximum Gasteiger partial charge on any atom is 0.308 e. The van der Waals surface area contributed by atoms with E-state index in [4.69, 9.17) is 4.74 Å². The van der Waals surface area contributed by atoms with Crippen molar-refractivity contribution in [2.24, 2.45) is 0 Å². The van der Waals surface area contributed by atoms with E-state index < -0.39 is 5.60 Å². The predicted molar refractivity (Wildman–Crippen MR) is 65.4 cm³/mol. The fraction of sp³-hybridized carbons (Fsp3) is 0.462. The Hall–Kier alpha value is -1.58. The molecule has 4 heteroatoms. The standard InChI is InChI=1S/C13H18FNO2/c1-13(2,3)17-12(16)8-9-15-11-7-5-4-6-10(11)14/h4-7,15H,8-9H2,1-3H3. The minimum atomic E-state index is -0.477. The second kappa shape index (κ2) is 5.66. The molecule has 1 rings (SSSR count). The number of anilines is 1. The Morgan fingerprint density at radius 3 is 2.59 bits per heavy atom. The van der Waals surface area contributed by atoms with Gasteiger partial charge in [0.15, 0.2) is 0 Å². The van der Waals surface area contributed by atoms with E-state index in [9.17, 15) is 9.18 Å². The van der Waals surface area contributed by atoms with Crippen molar-refractivity contribution in [1.29, 1.82) is 0 Å². The minimum Gasteiger partial charge on any atom is -0.460 e. The van der Waals surface area contributed by atoms with Crippen LogP contribution in [0.2, 0.25) is 0 Å². The second-order valence-corrected chi connectivity index (χ2v) is 4.74. The number of nitrogens with one attached hydrogen (secondary N) is 1. The summed E-state index contributed by atoms with van der Waals surface area (Å²) in [5, 5.41) is 2.85. The van der Waals surface area contributed by atoms with Gasteiger partial charge in [0.25, 0.3) is 0 Å². The van der Waals surface area contributed by atoms with Gasteiger partial charge >= 0.3 is 5.97 Å². The lowest BCUT2D eigenvalue weighted by Gasteiger charge is -2.19. The molecular weight excluding hydrogens is 221 g/mol. The molecule has 0 heterocycles. The van der Waals surface area contributed by atoms with E-state index in [2.05, 4.69) is 5.32 Å². The molecule has 3 nitrogen and oxygen atoms in total. The van der Waals surface area contributed by atoms with Crippen LogP contribution >= 0.6 is 0 Å². The molecule has 0 fully saturated rings. The molecular formula is C13H18FNO2. The first kappa shape index (κ1) is 13.5. The van der Waals surface area contributed by atoms with Crippen molar-refractivity contribution in [1.82, 2.24) is 0 Å². The molecule has 0 atom stereocenters. The zero-order valence-electron chi connectivity index (χ0n) is 10.4. The zero-order chi connectivity index (χ0) is 12.9. The van der Waals surface area contributed by atoms with Gasteiger partial charge in [-0.3, -0.25) is 4.79 Å².